The van der Waals surface area contributed by atoms with Crippen LogP contribution in [0.5, 0.6) is 11.5 Å². The van der Waals surface area contributed by atoms with Gasteiger partial charge >= 0.3 is 11.8 Å². The fourth-order valence-electron chi connectivity index (χ4n) is 3.26. The lowest BCUT2D eigenvalue weighted by Gasteiger charge is -2.23. The van der Waals surface area contributed by atoms with Crippen molar-refractivity contribution in [1.29, 1.82) is 0 Å². The van der Waals surface area contributed by atoms with Crippen molar-refractivity contribution in [2.24, 2.45) is 0 Å². The number of likely N-dealkylation sites (N-methyl/N-ethyl adjacent to an activating group) is 1. The highest BCUT2D eigenvalue weighted by Gasteiger charge is 2.37. The van der Waals surface area contributed by atoms with Crippen LogP contribution in [0, 0.1) is 0 Å². The number of carbonyl (C=O) groups is 2. The van der Waals surface area contributed by atoms with E-state index in [1.54, 1.807) is 0 Å². The molecule has 1 aliphatic heterocycles. The molecule has 1 aliphatic rings. The first-order chi connectivity index (χ1) is 15.3. The minimum Gasteiger partial charge on any atom is -0.493 e. The van der Waals surface area contributed by atoms with Crippen molar-refractivity contribution in [2.45, 2.75) is 25.0 Å². The van der Waals surface area contributed by atoms with Crippen LogP contribution >= 0.6 is 0 Å². The number of nitrogens with one attached hydrogen (secondary N) is 2. The zero-order valence-electron chi connectivity index (χ0n) is 18.9. The van der Waals surface area contributed by atoms with Gasteiger partial charge in [-0.25, -0.2) is 8.42 Å². The molecule has 11 nitrogen and oxygen atoms in total. The lowest BCUT2D eigenvalue weighted by atomic mass is 10.3. The molecule has 0 aromatic heterocycles. The molecule has 2 N–H and O–H groups in total. The summed E-state index contributed by atoms with van der Waals surface area (Å²) in [6.45, 7) is 6.83. The van der Waals surface area contributed by atoms with Gasteiger partial charge < -0.3 is 29.7 Å². The van der Waals surface area contributed by atoms with Crippen LogP contribution in [0.4, 0.5) is 0 Å². The Labute approximate surface area is 189 Å². The van der Waals surface area contributed by atoms with Gasteiger partial charge in [-0.05, 0) is 25.2 Å². The van der Waals surface area contributed by atoms with Crippen LogP contribution in [0.2, 0.25) is 0 Å². The number of rotatable bonds is 11. The Morgan fingerprint density at radius 1 is 1.12 bits per heavy atom. The molecule has 0 saturated carbocycles. The van der Waals surface area contributed by atoms with Gasteiger partial charge in [0.05, 0.1) is 32.3 Å². The summed E-state index contributed by atoms with van der Waals surface area (Å²) in [6.07, 6.45) is -0.930. The molecular formula is C20H32N4O7S. The Kier molecular flexibility index (Phi) is 9.69. The summed E-state index contributed by atoms with van der Waals surface area (Å²) in [7, 11) is -1.06. The maximum absolute atomic E-state index is 13.1. The van der Waals surface area contributed by atoms with Gasteiger partial charge in [0.2, 0.25) is 10.0 Å². The molecule has 1 heterocycles. The van der Waals surface area contributed by atoms with Gasteiger partial charge in [0, 0.05) is 25.7 Å². The fraction of sp³-hybridized carbons (Fsp3) is 0.600. The third-order valence-electron chi connectivity index (χ3n) is 5.16. The molecule has 2 rings (SSSR count). The summed E-state index contributed by atoms with van der Waals surface area (Å²) in [5.74, 6) is -0.937. The van der Waals surface area contributed by atoms with E-state index in [1.165, 1.54) is 32.4 Å². The van der Waals surface area contributed by atoms with Gasteiger partial charge in [0.25, 0.3) is 0 Å². The molecule has 1 aromatic rings. The number of hydrogen-bond donors (Lipinski definition) is 2. The fourth-order valence-corrected chi connectivity index (χ4v) is 4.79. The van der Waals surface area contributed by atoms with E-state index in [9.17, 15) is 18.0 Å². The summed E-state index contributed by atoms with van der Waals surface area (Å²) in [6, 6.07) is 4.28. The lowest BCUT2D eigenvalue weighted by molar-refractivity contribution is -0.139. The van der Waals surface area contributed by atoms with Crippen LogP contribution < -0.4 is 20.1 Å². The predicted molar refractivity (Wildman–Crippen MR) is 117 cm³/mol. The maximum Gasteiger partial charge on any atom is 0.309 e. The third-order valence-corrected chi connectivity index (χ3v) is 7.04. The van der Waals surface area contributed by atoms with Gasteiger partial charge in [-0.3, -0.25) is 9.59 Å². The second-order valence-electron chi connectivity index (χ2n) is 6.95. The van der Waals surface area contributed by atoms with Crippen LogP contribution in [0.3, 0.4) is 0 Å². The molecule has 12 heteroatoms. The number of hydrogen-bond acceptors (Lipinski definition) is 8. The SMILES string of the molecule is CCN(CC)CCNC(=O)C(=O)NC[C@@H]1OCCN1S(=O)(=O)c1ccc(OC)c(OC)c1. The molecule has 1 saturated heterocycles. The first-order valence-corrected chi connectivity index (χ1v) is 11.9. The Hall–Kier alpha value is -2.41. The van der Waals surface area contributed by atoms with E-state index in [-0.39, 0.29) is 30.3 Å². The van der Waals surface area contributed by atoms with E-state index < -0.39 is 28.1 Å². The molecule has 2 amide bonds. The number of benzene rings is 1. The van der Waals surface area contributed by atoms with Gasteiger partial charge in [-0.1, -0.05) is 13.8 Å². The first-order valence-electron chi connectivity index (χ1n) is 10.4. The van der Waals surface area contributed by atoms with E-state index in [0.717, 1.165) is 17.4 Å². The third kappa shape index (κ3) is 6.31. The van der Waals surface area contributed by atoms with Crippen molar-refractivity contribution >= 4 is 21.8 Å². The molecule has 0 bridgehead atoms. The van der Waals surface area contributed by atoms with Crippen molar-refractivity contribution in [2.75, 3.05) is 60.1 Å². The van der Waals surface area contributed by atoms with Crippen molar-refractivity contribution in [1.82, 2.24) is 19.8 Å². The number of carbonyl (C=O) groups excluding carboxylic acids is 2. The number of sulfonamides is 1. The average Bonchev–Trinajstić information content (AvgIpc) is 3.29. The number of amides is 2. The predicted octanol–water partition coefficient (Wildman–Crippen LogP) is -0.375. The molecule has 0 spiro atoms. The average molecular weight is 473 g/mol. The van der Waals surface area contributed by atoms with Crippen molar-refractivity contribution in [3.05, 3.63) is 18.2 Å². The van der Waals surface area contributed by atoms with Gasteiger partial charge in [-0.2, -0.15) is 4.31 Å². The van der Waals surface area contributed by atoms with E-state index >= 15 is 0 Å². The van der Waals surface area contributed by atoms with E-state index in [0.29, 0.717) is 18.8 Å². The topological polar surface area (TPSA) is 127 Å². The first kappa shape index (κ1) is 25.8. The lowest BCUT2D eigenvalue weighted by Crippen LogP contribution is -2.48. The Morgan fingerprint density at radius 2 is 1.78 bits per heavy atom. The van der Waals surface area contributed by atoms with E-state index in [2.05, 4.69) is 15.5 Å². The monoisotopic (exact) mass is 472 g/mol. The molecule has 1 fully saturated rings. The highest BCUT2D eigenvalue weighted by molar-refractivity contribution is 7.89. The van der Waals surface area contributed by atoms with Crippen LogP contribution in [-0.4, -0.2) is 95.8 Å². The van der Waals surface area contributed by atoms with Crippen LogP contribution in [-0.2, 0) is 24.3 Å². The summed E-state index contributed by atoms with van der Waals surface area (Å²) >= 11 is 0. The molecular weight excluding hydrogens is 440 g/mol. The molecule has 1 atom stereocenters. The number of methoxy groups -OCH3 is 2. The van der Waals surface area contributed by atoms with Gasteiger partial charge in [0.15, 0.2) is 11.5 Å². The highest BCUT2D eigenvalue weighted by atomic mass is 32.2. The largest absolute Gasteiger partial charge is 0.493 e. The van der Waals surface area contributed by atoms with Gasteiger partial charge in [-0.15, -0.1) is 0 Å². The normalized spacial score (nSPS) is 16.7. The van der Waals surface area contributed by atoms with Gasteiger partial charge in [0.1, 0.15) is 6.23 Å². The summed E-state index contributed by atoms with van der Waals surface area (Å²) < 4.78 is 43.2. The Balaban J connectivity index is 1.97. The summed E-state index contributed by atoms with van der Waals surface area (Å²) in [4.78, 5) is 26.2. The summed E-state index contributed by atoms with van der Waals surface area (Å²) in [5.41, 5.74) is 0. The van der Waals surface area contributed by atoms with Crippen LogP contribution in [0.15, 0.2) is 23.1 Å². The molecule has 180 valence electrons. The summed E-state index contributed by atoms with van der Waals surface area (Å²) in [5, 5.41) is 5.00. The number of ether oxygens (including phenoxy) is 3. The minimum absolute atomic E-state index is 0.00567. The molecule has 0 radical (unpaired) electrons. The van der Waals surface area contributed by atoms with Crippen molar-refractivity contribution in [3.8, 4) is 11.5 Å². The second-order valence-corrected chi connectivity index (χ2v) is 8.84. The molecule has 1 aromatic carbocycles. The van der Waals surface area contributed by atoms with E-state index in [1.807, 2.05) is 13.8 Å². The zero-order valence-corrected chi connectivity index (χ0v) is 19.7. The maximum atomic E-state index is 13.1. The minimum atomic E-state index is -3.93. The zero-order chi connectivity index (χ0) is 23.7. The number of nitrogens with zero attached hydrogens (tertiary/aromatic N) is 2. The van der Waals surface area contributed by atoms with Crippen molar-refractivity contribution in [3.63, 3.8) is 0 Å². The van der Waals surface area contributed by atoms with Crippen LogP contribution in [0.1, 0.15) is 13.8 Å². The second kappa shape index (κ2) is 12.0. The molecule has 0 unspecified atom stereocenters. The quantitative estimate of drug-likeness (QED) is 0.418. The van der Waals surface area contributed by atoms with E-state index in [4.69, 9.17) is 14.2 Å². The molecule has 0 aliphatic carbocycles. The Morgan fingerprint density at radius 3 is 2.41 bits per heavy atom. The highest BCUT2D eigenvalue weighted by Crippen LogP contribution is 2.31. The smallest absolute Gasteiger partial charge is 0.309 e. The van der Waals surface area contributed by atoms with Crippen molar-refractivity contribution < 1.29 is 32.2 Å². The molecule has 32 heavy (non-hydrogen) atoms. The Bertz CT molecular complexity index is 890. The van der Waals surface area contributed by atoms with Crippen LogP contribution in [0.25, 0.3) is 0 Å². The standard InChI is InChI=1S/C20H32N4O7S/c1-5-23(6-2)10-9-21-19(25)20(26)22-14-18-24(11-12-31-18)32(27,28)15-7-8-16(29-3)17(13-15)30-4/h7-8,13,18H,5-6,9-12,14H2,1-4H3,(H,21,25)(H,22,26)/t18-/m0/s1.